The second kappa shape index (κ2) is 8.27. The standard InChI is InChI=1S/C22H23N3O3/c1-27-19-10-6-5-7-16(19)15-25-13-11-18-20(12-14-25)28-22(24-18)21(26)23-17-8-3-2-4-9-17/h2-10H,11-15H2,1H3,(H,23,26). The number of methoxy groups -OCH3 is 1. The molecule has 4 rings (SSSR count). The molecule has 1 N–H and O–H groups in total. The van der Waals surface area contributed by atoms with Crippen molar-refractivity contribution in [1.29, 1.82) is 0 Å². The van der Waals surface area contributed by atoms with Crippen LogP contribution in [0.5, 0.6) is 5.75 Å². The predicted molar refractivity (Wildman–Crippen MR) is 107 cm³/mol. The first-order valence-electron chi connectivity index (χ1n) is 9.42. The van der Waals surface area contributed by atoms with Crippen LogP contribution in [0.15, 0.2) is 59.0 Å². The highest BCUT2D eigenvalue weighted by Gasteiger charge is 2.23. The molecule has 2 heterocycles. The van der Waals surface area contributed by atoms with E-state index in [0.717, 1.165) is 55.4 Å². The third kappa shape index (κ3) is 4.07. The minimum Gasteiger partial charge on any atom is -0.496 e. The highest BCUT2D eigenvalue weighted by molar-refractivity contribution is 6.00. The zero-order chi connectivity index (χ0) is 19.3. The number of benzene rings is 2. The van der Waals surface area contributed by atoms with Crippen molar-refractivity contribution in [1.82, 2.24) is 9.88 Å². The minimum absolute atomic E-state index is 0.132. The van der Waals surface area contributed by atoms with Gasteiger partial charge in [-0.05, 0) is 18.2 Å². The first-order chi connectivity index (χ1) is 13.7. The normalized spacial score (nSPS) is 14.2. The van der Waals surface area contributed by atoms with Gasteiger partial charge in [0.25, 0.3) is 5.89 Å². The number of rotatable bonds is 5. The lowest BCUT2D eigenvalue weighted by Crippen LogP contribution is -2.26. The highest BCUT2D eigenvalue weighted by Crippen LogP contribution is 2.23. The Bertz CT molecular complexity index is 927. The predicted octanol–water partition coefficient (Wildman–Crippen LogP) is 3.54. The molecule has 2 aromatic carbocycles. The number of fused-ring (bicyclic) bond motifs is 1. The molecule has 6 nitrogen and oxygen atoms in total. The van der Waals surface area contributed by atoms with Crippen molar-refractivity contribution in [2.45, 2.75) is 19.4 Å². The van der Waals surface area contributed by atoms with Crippen LogP contribution in [0.2, 0.25) is 0 Å². The summed E-state index contributed by atoms with van der Waals surface area (Å²) < 4.78 is 11.2. The zero-order valence-corrected chi connectivity index (χ0v) is 15.9. The van der Waals surface area contributed by atoms with Gasteiger partial charge in [0.05, 0.1) is 12.8 Å². The van der Waals surface area contributed by atoms with Crippen molar-refractivity contribution in [2.24, 2.45) is 0 Å². The van der Waals surface area contributed by atoms with Crippen molar-refractivity contribution in [3.8, 4) is 5.75 Å². The van der Waals surface area contributed by atoms with Crippen LogP contribution in [0.3, 0.4) is 0 Å². The number of nitrogens with zero attached hydrogens (tertiary/aromatic N) is 2. The van der Waals surface area contributed by atoms with Crippen molar-refractivity contribution in [2.75, 3.05) is 25.5 Å². The lowest BCUT2D eigenvalue weighted by molar-refractivity contribution is 0.0988. The summed E-state index contributed by atoms with van der Waals surface area (Å²) in [6.45, 7) is 2.52. The fourth-order valence-electron chi connectivity index (χ4n) is 3.45. The largest absolute Gasteiger partial charge is 0.496 e. The van der Waals surface area contributed by atoms with Crippen molar-refractivity contribution in [3.63, 3.8) is 0 Å². The van der Waals surface area contributed by atoms with E-state index in [-0.39, 0.29) is 11.8 Å². The number of nitrogens with one attached hydrogen (secondary N) is 1. The maximum Gasteiger partial charge on any atom is 0.311 e. The Morgan fingerprint density at radius 2 is 1.86 bits per heavy atom. The quantitative estimate of drug-likeness (QED) is 0.737. The summed E-state index contributed by atoms with van der Waals surface area (Å²) in [5, 5.41) is 2.82. The number of hydrogen-bond acceptors (Lipinski definition) is 5. The number of anilines is 1. The number of carbonyl (C=O) groups is 1. The highest BCUT2D eigenvalue weighted by atomic mass is 16.5. The third-order valence-corrected chi connectivity index (χ3v) is 4.91. The fraction of sp³-hybridized carbons (Fsp3) is 0.273. The summed E-state index contributed by atoms with van der Waals surface area (Å²) in [6.07, 6.45) is 1.49. The number of amides is 1. The van der Waals surface area contributed by atoms with Gasteiger partial charge in [0.2, 0.25) is 0 Å². The molecule has 1 aromatic heterocycles. The number of carbonyl (C=O) groups excluding carboxylic acids is 1. The van der Waals surface area contributed by atoms with Gasteiger partial charge in [-0.15, -0.1) is 0 Å². The summed E-state index contributed by atoms with van der Waals surface area (Å²) in [5.74, 6) is 1.53. The molecular formula is C22H23N3O3. The van der Waals surface area contributed by atoms with Gasteiger partial charge < -0.3 is 14.5 Å². The van der Waals surface area contributed by atoms with Gasteiger partial charge in [0.15, 0.2) is 0 Å². The molecule has 0 radical (unpaired) electrons. The van der Waals surface area contributed by atoms with E-state index in [0.29, 0.717) is 0 Å². The Kier molecular flexibility index (Phi) is 5.39. The van der Waals surface area contributed by atoms with Gasteiger partial charge in [-0.25, -0.2) is 4.98 Å². The Hall–Kier alpha value is -3.12. The molecule has 3 aromatic rings. The molecule has 1 aliphatic heterocycles. The molecule has 28 heavy (non-hydrogen) atoms. The topological polar surface area (TPSA) is 67.6 Å². The molecule has 6 heteroatoms. The number of aromatic nitrogens is 1. The molecule has 0 fully saturated rings. The van der Waals surface area contributed by atoms with Crippen molar-refractivity contribution < 1.29 is 13.9 Å². The van der Waals surface area contributed by atoms with E-state index < -0.39 is 0 Å². The molecule has 0 aliphatic carbocycles. The van der Waals surface area contributed by atoms with Crippen LogP contribution >= 0.6 is 0 Å². The van der Waals surface area contributed by atoms with E-state index in [1.54, 1.807) is 7.11 Å². The molecule has 1 amide bonds. The lowest BCUT2D eigenvalue weighted by Gasteiger charge is -2.20. The summed E-state index contributed by atoms with van der Waals surface area (Å²) in [7, 11) is 1.70. The van der Waals surface area contributed by atoms with E-state index in [4.69, 9.17) is 9.15 Å². The van der Waals surface area contributed by atoms with Crippen LogP contribution in [0.4, 0.5) is 5.69 Å². The second-order valence-corrected chi connectivity index (χ2v) is 6.80. The Morgan fingerprint density at radius 3 is 2.68 bits per heavy atom. The van der Waals surface area contributed by atoms with Gasteiger partial charge in [0.1, 0.15) is 11.5 Å². The molecule has 0 saturated carbocycles. The second-order valence-electron chi connectivity index (χ2n) is 6.80. The van der Waals surface area contributed by atoms with Gasteiger partial charge in [-0.2, -0.15) is 0 Å². The zero-order valence-electron chi connectivity index (χ0n) is 15.9. The molecule has 1 aliphatic rings. The van der Waals surface area contributed by atoms with Gasteiger partial charge in [0, 0.05) is 43.7 Å². The van der Waals surface area contributed by atoms with Crippen LogP contribution in [0.1, 0.15) is 27.7 Å². The molecular weight excluding hydrogens is 354 g/mol. The van der Waals surface area contributed by atoms with Crippen molar-refractivity contribution >= 4 is 11.6 Å². The molecule has 0 bridgehead atoms. The molecule has 0 atom stereocenters. The van der Waals surface area contributed by atoms with Crippen LogP contribution in [0.25, 0.3) is 0 Å². The summed E-state index contributed by atoms with van der Waals surface area (Å²) >= 11 is 0. The van der Waals surface area contributed by atoms with Crippen LogP contribution in [-0.2, 0) is 19.4 Å². The maximum atomic E-state index is 12.4. The molecule has 144 valence electrons. The molecule has 0 saturated heterocycles. The third-order valence-electron chi connectivity index (χ3n) is 4.91. The monoisotopic (exact) mass is 377 g/mol. The first kappa shape index (κ1) is 18.3. The smallest absolute Gasteiger partial charge is 0.311 e. The van der Waals surface area contributed by atoms with Gasteiger partial charge in [-0.3, -0.25) is 9.69 Å². The van der Waals surface area contributed by atoms with Crippen LogP contribution in [0, 0.1) is 0 Å². The van der Waals surface area contributed by atoms with E-state index in [1.165, 1.54) is 5.56 Å². The number of ether oxygens (including phenoxy) is 1. The first-order valence-corrected chi connectivity index (χ1v) is 9.42. The molecule has 0 spiro atoms. The SMILES string of the molecule is COc1ccccc1CN1CCc2nc(C(=O)Nc3ccccc3)oc2CC1. The van der Waals surface area contributed by atoms with E-state index >= 15 is 0 Å². The Balaban J connectivity index is 1.40. The minimum atomic E-state index is -0.315. The van der Waals surface area contributed by atoms with E-state index in [2.05, 4.69) is 21.3 Å². The van der Waals surface area contributed by atoms with Crippen molar-refractivity contribution in [3.05, 3.63) is 77.5 Å². The Morgan fingerprint density at radius 1 is 1.11 bits per heavy atom. The average Bonchev–Trinajstić information content (AvgIpc) is 3.05. The van der Waals surface area contributed by atoms with E-state index in [9.17, 15) is 4.79 Å². The summed E-state index contributed by atoms with van der Waals surface area (Å²) in [4.78, 5) is 19.2. The number of hydrogen-bond donors (Lipinski definition) is 1. The number of para-hydroxylation sites is 2. The van der Waals surface area contributed by atoms with E-state index in [1.807, 2.05) is 48.5 Å². The lowest BCUT2D eigenvalue weighted by atomic mass is 10.2. The fourth-order valence-corrected chi connectivity index (χ4v) is 3.45. The average molecular weight is 377 g/mol. The summed E-state index contributed by atoms with van der Waals surface area (Å²) in [5.41, 5.74) is 2.77. The van der Waals surface area contributed by atoms with Crippen LogP contribution in [-0.4, -0.2) is 36.0 Å². The molecule has 0 unspecified atom stereocenters. The maximum absolute atomic E-state index is 12.4. The number of oxazole rings is 1. The Labute approximate surface area is 164 Å². The van der Waals surface area contributed by atoms with Gasteiger partial charge in [-0.1, -0.05) is 36.4 Å². The van der Waals surface area contributed by atoms with Crippen LogP contribution < -0.4 is 10.1 Å². The van der Waals surface area contributed by atoms with Gasteiger partial charge >= 0.3 is 5.91 Å². The summed E-state index contributed by atoms with van der Waals surface area (Å²) in [6, 6.07) is 17.4.